The summed E-state index contributed by atoms with van der Waals surface area (Å²) in [6.45, 7) is 13.7. The van der Waals surface area contributed by atoms with Crippen LogP contribution in [0.3, 0.4) is 0 Å². The Hall–Kier alpha value is -2.55. The molecule has 0 amide bonds. The van der Waals surface area contributed by atoms with Gasteiger partial charge in [-0.15, -0.1) is 6.58 Å². The molecule has 1 N–H and O–H groups in total. The van der Waals surface area contributed by atoms with Crippen molar-refractivity contribution in [3.05, 3.63) is 78.6 Å². The predicted molar refractivity (Wildman–Crippen MR) is 97.4 cm³/mol. The predicted octanol–water partition coefficient (Wildman–Crippen LogP) is 5.48. The van der Waals surface area contributed by atoms with Crippen LogP contribution in [0.2, 0.25) is 0 Å². The van der Waals surface area contributed by atoms with E-state index in [1.54, 1.807) is 36.4 Å². The highest BCUT2D eigenvalue weighted by Gasteiger charge is 2.10. The third kappa shape index (κ3) is 7.32. The molecule has 0 saturated carbocycles. The SMILES string of the molecule is C=C/C=C(\C=C(/C)c1ccccc1C(=O)O)OCCC=C.CC. The topological polar surface area (TPSA) is 46.5 Å². The van der Waals surface area contributed by atoms with Gasteiger partial charge in [-0.2, -0.15) is 0 Å². The molecule has 0 unspecified atom stereocenters. The van der Waals surface area contributed by atoms with E-state index in [9.17, 15) is 9.90 Å². The molecule has 1 rings (SSSR count). The molecule has 124 valence electrons. The number of aromatic carboxylic acids is 1. The highest BCUT2D eigenvalue weighted by atomic mass is 16.5. The smallest absolute Gasteiger partial charge is 0.336 e. The van der Waals surface area contributed by atoms with Gasteiger partial charge in [-0.25, -0.2) is 4.79 Å². The summed E-state index contributed by atoms with van der Waals surface area (Å²) < 4.78 is 5.61. The Morgan fingerprint density at radius 2 is 1.83 bits per heavy atom. The van der Waals surface area contributed by atoms with Gasteiger partial charge in [0.15, 0.2) is 0 Å². The summed E-state index contributed by atoms with van der Waals surface area (Å²) in [4.78, 5) is 11.2. The molecule has 23 heavy (non-hydrogen) atoms. The van der Waals surface area contributed by atoms with Crippen LogP contribution < -0.4 is 0 Å². The van der Waals surface area contributed by atoms with E-state index in [4.69, 9.17) is 4.74 Å². The fraction of sp³-hybridized carbons (Fsp3) is 0.250. The summed E-state index contributed by atoms with van der Waals surface area (Å²) in [6.07, 6.45) is 7.72. The second-order valence-electron chi connectivity index (χ2n) is 4.41. The Kier molecular flexibility index (Phi) is 10.7. The van der Waals surface area contributed by atoms with Crippen molar-refractivity contribution >= 4 is 11.5 Å². The van der Waals surface area contributed by atoms with Crippen molar-refractivity contribution in [3.63, 3.8) is 0 Å². The standard InChI is InChI=1S/C18H20O3.C2H6/c1-4-6-12-21-15(9-5-2)13-14(3)16-10-7-8-11-17(16)18(19)20;1-2/h4-5,7-11,13H,1-2,6,12H2,3H3,(H,19,20);1-2H3/b14-13+,15-9+;. The summed E-state index contributed by atoms with van der Waals surface area (Å²) in [7, 11) is 0. The lowest BCUT2D eigenvalue weighted by Gasteiger charge is -2.09. The van der Waals surface area contributed by atoms with E-state index in [0.717, 1.165) is 12.0 Å². The Bertz CT molecular complexity index is 580. The zero-order valence-electron chi connectivity index (χ0n) is 14.2. The molecule has 0 spiro atoms. The average Bonchev–Trinajstić information content (AvgIpc) is 2.57. The van der Waals surface area contributed by atoms with Crippen LogP contribution in [0, 0.1) is 0 Å². The van der Waals surface area contributed by atoms with E-state index in [0.29, 0.717) is 17.9 Å². The molecule has 0 aliphatic heterocycles. The van der Waals surface area contributed by atoms with Gasteiger partial charge in [-0.3, -0.25) is 0 Å². The summed E-state index contributed by atoms with van der Waals surface area (Å²) in [6, 6.07) is 6.89. The van der Waals surface area contributed by atoms with E-state index < -0.39 is 5.97 Å². The number of hydrogen-bond donors (Lipinski definition) is 1. The molecule has 0 aromatic heterocycles. The summed E-state index contributed by atoms with van der Waals surface area (Å²) >= 11 is 0. The molecular formula is C20H26O3. The maximum absolute atomic E-state index is 11.2. The molecule has 1 aromatic rings. The number of carboxylic acids is 1. The average molecular weight is 314 g/mol. The Morgan fingerprint density at radius 1 is 1.22 bits per heavy atom. The molecule has 0 atom stereocenters. The van der Waals surface area contributed by atoms with Gasteiger partial charge in [0, 0.05) is 0 Å². The van der Waals surface area contributed by atoms with Crippen molar-refractivity contribution in [1.29, 1.82) is 0 Å². The Balaban J connectivity index is 0.00000232. The first kappa shape index (κ1) is 20.5. The lowest BCUT2D eigenvalue weighted by atomic mass is 10.0. The molecule has 0 radical (unpaired) electrons. The fourth-order valence-electron chi connectivity index (χ4n) is 1.82. The normalized spacial score (nSPS) is 11.1. The van der Waals surface area contributed by atoms with Crippen molar-refractivity contribution in [2.45, 2.75) is 27.2 Å². The third-order valence-corrected chi connectivity index (χ3v) is 2.81. The van der Waals surface area contributed by atoms with Gasteiger partial charge < -0.3 is 9.84 Å². The third-order valence-electron chi connectivity index (χ3n) is 2.81. The lowest BCUT2D eigenvalue weighted by Crippen LogP contribution is -2.01. The quantitative estimate of drug-likeness (QED) is 0.299. The van der Waals surface area contributed by atoms with E-state index in [-0.39, 0.29) is 5.56 Å². The van der Waals surface area contributed by atoms with Gasteiger partial charge in [0.2, 0.25) is 0 Å². The number of benzene rings is 1. The first-order chi connectivity index (χ1) is 11.1. The second kappa shape index (κ2) is 12.0. The highest BCUT2D eigenvalue weighted by Crippen LogP contribution is 2.21. The van der Waals surface area contributed by atoms with Crippen molar-refractivity contribution in [2.75, 3.05) is 6.61 Å². The van der Waals surface area contributed by atoms with Crippen LogP contribution >= 0.6 is 0 Å². The summed E-state index contributed by atoms with van der Waals surface area (Å²) in [5.74, 6) is -0.301. The van der Waals surface area contributed by atoms with Crippen molar-refractivity contribution in [1.82, 2.24) is 0 Å². The maximum atomic E-state index is 11.2. The molecule has 0 saturated heterocycles. The van der Waals surface area contributed by atoms with Gasteiger partial charge in [-0.05, 0) is 42.7 Å². The number of carboxylic acid groups (broad SMARTS) is 1. The molecule has 0 aliphatic carbocycles. The van der Waals surface area contributed by atoms with Gasteiger partial charge >= 0.3 is 5.97 Å². The minimum Gasteiger partial charge on any atom is -0.493 e. The van der Waals surface area contributed by atoms with Crippen LogP contribution in [0.15, 0.2) is 67.5 Å². The number of allylic oxidation sites excluding steroid dienone is 4. The van der Waals surface area contributed by atoms with Gasteiger partial charge in [-0.1, -0.05) is 50.8 Å². The van der Waals surface area contributed by atoms with Crippen LogP contribution in [0.4, 0.5) is 0 Å². The molecule has 0 fully saturated rings. The molecule has 3 heteroatoms. The van der Waals surface area contributed by atoms with Crippen molar-refractivity contribution in [2.24, 2.45) is 0 Å². The zero-order chi connectivity index (χ0) is 17.7. The molecule has 0 aliphatic rings. The van der Waals surface area contributed by atoms with E-state index in [2.05, 4.69) is 13.2 Å². The fourth-order valence-corrected chi connectivity index (χ4v) is 1.82. The van der Waals surface area contributed by atoms with Crippen molar-refractivity contribution in [3.8, 4) is 0 Å². The second-order valence-corrected chi connectivity index (χ2v) is 4.41. The van der Waals surface area contributed by atoms with Crippen LogP contribution in [-0.4, -0.2) is 17.7 Å². The first-order valence-electron chi connectivity index (χ1n) is 7.67. The summed E-state index contributed by atoms with van der Waals surface area (Å²) in [5, 5.41) is 9.23. The van der Waals surface area contributed by atoms with E-state index in [1.165, 1.54) is 0 Å². The van der Waals surface area contributed by atoms with Gasteiger partial charge in [0.25, 0.3) is 0 Å². The molecule has 0 heterocycles. The van der Waals surface area contributed by atoms with Crippen LogP contribution in [0.1, 0.15) is 43.1 Å². The monoisotopic (exact) mass is 314 g/mol. The van der Waals surface area contributed by atoms with Gasteiger partial charge in [0.05, 0.1) is 12.2 Å². The highest BCUT2D eigenvalue weighted by molar-refractivity contribution is 5.94. The Morgan fingerprint density at radius 3 is 2.35 bits per heavy atom. The molecular weight excluding hydrogens is 288 g/mol. The lowest BCUT2D eigenvalue weighted by molar-refractivity contribution is 0.0696. The number of carbonyl (C=O) groups is 1. The number of ether oxygens (including phenoxy) is 1. The minimum absolute atomic E-state index is 0.273. The number of hydrogen-bond acceptors (Lipinski definition) is 2. The van der Waals surface area contributed by atoms with Crippen LogP contribution in [0.25, 0.3) is 5.57 Å². The van der Waals surface area contributed by atoms with E-state index in [1.807, 2.05) is 32.9 Å². The van der Waals surface area contributed by atoms with E-state index >= 15 is 0 Å². The molecule has 1 aromatic carbocycles. The minimum atomic E-state index is -0.944. The first-order valence-corrected chi connectivity index (χ1v) is 7.67. The molecule has 0 bridgehead atoms. The zero-order valence-corrected chi connectivity index (χ0v) is 14.2. The maximum Gasteiger partial charge on any atom is 0.336 e. The number of rotatable bonds is 8. The van der Waals surface area contributed by atoms with Crippen LogP contribution in [0.5, 0.6) is 0 Å². The van der Waals surface area contributed by atoms with Crippen molar-refractivity contribution < 1.29 is 14.6 Å². The summed E-state index contributed by atoms with van der Waals surface area (Å²) in [5.41, 5.74) is 1.77. The largest absolute Gasteiger partial charge is 0.493 e. The van der Waals surface area contributed by atoms with Crippen LogP contribution in [-0.2, 0) is 4.74 Å². The molecule has 3 nitrogen and oxygen atoms in total. The Labute approximate surface area is 139 Å². The van der Waals surface area contributed by atoms with Gasteiger partial charge in [0.1, 0.15) is 5.76 Å².